The summed E-state index contributed by atoms with van der Waals surface area (Å²) in [7, 11) is 1.38. The predicted octanol–water partition coefficient (Wildman–Crippen LogP) is 3.30. The summed E-state index contributed by atoms with van der Waals surface area (Å²) < 4.78 is 6.92. The van der Waals surface area contributed by atoms with Crippen LogP contribution in [0.5, 0.6) is 0 Å². The van der Waals surface area contributed by atoms with E-state index in [1.54, 1.807) is 11.8 Å². The first-order valence-electron chi connectivity index (χ1n) is 6.62. The van der Waals surface area contributed by atoms with Gasteiger partial charge in [0.05, 0.1) is 18.7 Å². The van der Waals surface area contributed by atoms with Gasteiger partial charge in [-0.05, 0) is 25.2 Å². The number of hydrogen-bond donors (Lipinski definition) is 0. The van der Waals surface area contributed by atoms with E-state index in [0.29, 0.717) is 11.3 Å². The van der Waals surface area contributed by atoms with Gasteiger partial charge in [0.25, 0.3) is 0 Å². The number of methoxy groups -OCH3 is 1. The Morgan fingerprint density at radius 3 is 3.00 bits per heavy atom. The zero-order valence-electron chi connectivity index (χ0n) is 11.9. The second kappa shape index (κ2) is 5.35. The van der Waals surface area contributed by atoms with E-state index in [2.05, 4.69) is 15.6 Å². The molecular weight excluding hydrogens is 306 g/mol. The quantitative estimate of drug-likeness (QED) is 0.624. The van der Waals surface area contributed by atoms with Crippen molar-refractivity contribution in [2.45, 2.75) is 31.0 Å². The van der Waals surface area contributed by atoms with Gasteiger partial charge in [0, 0.05) is 18.4 Å². The van der Waals surface area contributed by atoms with Crippen LogP contribution in [0.15, 0.2) is 11.2 Å². The molecule has 0 saturated heterocycles. The molecule has 0 aliphatic heterocycles. The lowest BCUT2D eigenvalue weighted by Gasteiger charge is -2.14. The molecule has 110 valence electrons. The SMILES string of the molecule is COC(=O)c1cc2c(nc(SC)n2CC2(CC#N)CC2)s1. The molecule has 2 aromatic rings. The molecule has 0 spiro atoms. The van der Waals surface area contributed by atoms with Crippen molar-refractivity contribution >= 4 is 39.4 Å². The van der Waals surface area contributed by atoms with E-state index in [0.717, 1.165) is 34.9 Å². The van der Waals surface area contributed by atoms with E-state index in [4.69, 9.17) is 10.00 Å². The van der Waals surface area contributed by atoms with Crippen LogP contribution < -0.4 is 0 Å². The van der Waals surface area contributed by atoms with Crippen LogP contribution in [0.25, 0.3) is 10.3 Å². The second-order valence-corrected chi connectivity index (χ2v) is 7.12. The number of esters is 1. The lowest BCUT2D eigenvalue weighted by molar-refractivity contribution is 0.0606. The van der Waals surface area contributed by atoms with Crippen LogP contribution in [0, 0.1) is 16.7 Å². The lowest BCUT2D eigenvalue weighted by atomic mass is 10.0. The molecule has 0 radical (unpaired) electrons. The summed E-state index contributed by atoms with van der Waals surface area (Å²) in [4.78, 5) is 17.7. The Morgan fingerprint density at radius 1 is 1.67 bits per heavy atom. The van der Waals surface area contributed by atoms with Crippen molar-refractivity contribution in [3.63, 3.8) is 0 Å². The molecule has 21 heavy (non-hydrogen) atoms. The molecule has 1 saturated carbocycles. The number of carbonyl (C=O) groups excluding carboxylic acids is 1. The molecule has 0 unspecified atom stereocenters. The van der Waals surface area contributed by atoms with Crippen LogP contribution >= 0.6 is 23.1 Å². The molecule has 0 atom stereocenters. The number of ether oxygens (including phenoxy) is 1. The average Bonchev–Trinajstić information content (AvgIpc) is 2.98. The number of fused-ring (bicyclic) bond motifs is 1. The van der Waals surface area contributed by atoms with Crippen LogP contribution in [-0.2, 0) is 11.3 Å². The van der Waals surface area contributed by atoms with E-state index >= 15 is 0 Å². The van der Waals surface area contributed by atoms with Gasteiger partial charge in [-0.15, -0.1) is 11.3 Å². The maximum absolute atomic E-state index is 11.6. The van der Waals surface area contributed by atoms with Gasteiger partial charge in [-0.2, -0.15) is 5.26 Å². The van der Waals surface area contributed by atoms with Crippen molar-refractivity contribution in [1.82, 2.24) is 9.55 Å². The number of hydrogen-bond acceptors (Lipinski definition) is 6. The average molecular weight is 321 g/mol. The third-order valence-corrected chi connectivity index (χ3v) is 5.56. The summed E-state index contributed by atoms with van der Waals surface area (Å²) in [6.45, 7) is 0.796. The minimum atomic E-state index is -0.326. The van der Waals surface area contributed by atoms with E-state index in [9.17, 15) is 4.79 Å². The zero-order valence-corrected chi connectivity index (χ0v) is 13.5. The number of carbonyl (C=O) groups is 1. The van der Waals surface area contributed by atoms with E-state index < -0.39 is 0 Å². The second-order valence-electron chi connectivity index (χ2n) is 5.31. The van der Waals surface area contributed by atoms with E-state index in [-0.39, 0.29) is 11.4 Å². The highest BCUT2D eigenvalue weighted by atomic mass is 32.2. The normalized spacial score (nSPS) is 15.9. The number of rotatable bonds is 5. The van der Waals surface area contributed by atoms with Crippen LogP contribution in [-0.4, -0.2) is 28.9 Å². The summed E-state index contributed by atoms with van der Waals surface area (Å²) in [6.07, 6.45) is 4.74. The molecule has 1 aliphatic carbocycles. The highest BCUT2D eigenvalue weighted by Crippen LogP contribution is 2.51. The van der Waals surface area contributed by atoms with Crippen molar-refractivity contribution < 1.29 is 9.53 Å². The first-order valence-corrected chi connectivity index (χ1v) is 8.66. The molecule has 0 aromatic carbocycles. The first-order chi connectivity index (χ1) is 10.1. The van der Waals surface area contributed by atoms with Crippen LogP contribution in [0.2, 0.25) is 0 Å². The standard InChI is InChI=1S/C14H15N3O2S2/c1-19-12(18)10-7-9-11(21-10)16-13(20-2)17(9)8-14(3-4-14)5-6-15/h7H,3-5,8H2,1-2H3. The highest BCUT2D eigenvalue weighted by molar-refractivity contribution is 7.98. The van der Waals surface area contributed by atoms with Gasteiger partial charge in [0.2, 0.25) is 0 Å². The summed E-state index contributed by atoms with van der Waals surface area (Å²) in [6, 6.07) is 4.14. The highest BCUT2D eigenvalue weighted by Gasteiger charge is 2.43. The van der Waals surface area contributed by atoms with E-state index in [1.165, 1.54) is 18.4 Å². The number of nitriles is 1. The molecule has 1 aliphatic rings. The van der Waals surface area contributed by atoms with Crippen LogP contribution in [0.4, 0.5) is 0 Å². The fourth-order valence-electron chi connectivity index (χ4n) is 2.48. The first kappa shape index (κ1) is 14.4. The fraction of sp³-hybridized carbons (Fsp3) is 0.500. The molecule has 7 heteroatoms. The molecule has 3 rings (SSSR count). The Kier molecular flexibility index (Phi) is 3.68. The van der Waals surface area contributed by atoms with Gasteiger partial charge < -0.3 is 9.30 Å². The lowest BCUT2D eigenvalue weighted by Crippen LogP contribution is -2.12. The molecular formula is C14H15N3O2S2. The Labute approximate surface area is 130 Å². The molecule has 2 aromatic heterocycles. The van der Waals surface area contributed by atoms with Crippen molar-refractivity contribution in [1.29, 1.82) is 5.26 Å². The number of thiophene rings is 1. The van der Waals surface area contributed by atoms with Gasteiger partial charge in [-0.1, -0.05) is 11.8 Å². The fourth-order valence-corrected chi connectivity index (χ4v) is 4.05. The van der Waals surface area contributed by atoms with E-state index in [1.807, 2.05) is 12.3 Å². The van der Waals surface area contributed by atoms with Crippen molar-refractivity contribution in [2.75, 3.05) is 13.4 Å². The predicted molar refractivity (Wildman–Crippen MR) is 82.6 cm³/mol. The van der Waals surface area contributed by atoms with Gasteiger partial charge in [0.1, 0.15) is 9.71 Å². The Morgan fingerprint density at radius 2 is 2.43 bits per heavy atom. The topological polar surface area (TPSA) is 67.9 Å². The zero-order chi connectivity index (χ0) is 15.0. The van der Waals surface area contributed by atoms with Gasteiger partial charge in [-0.3, -0.25) is 0 Å². The monoisotopic (exact) mass is 321 g/mol. The van der Waals surface area contributed by atoms with Crippen molar-refractivity contribution in [3.05, 3.63) is 10.9 Å². The minimum Gasteiger partial charge on any atom is -0.465 e. The molecule has 5 nitrogen and oxygen atoms in total. The third-order valence-electron chi connectivity index (χ3n) is 3.89. The number of aromatic nitrogens is 2. The minimum absolute atomic E-state index is 0.0974. The van der Waals surface area contributed by atoms with Crippen molar-refractivity contribution in [3.8, 4) is 6.07 Å². The summed E-state index contributed by atoms with van der Waals surface area (Å²) >= 11 is 2.95. The summed E-state index contributed by atoms with van der Waals surface area (Å²) in [5.74, 6) is -0.326. The molecule has 2 heterocycles. The smallest absolute Gasteiger partial charge is 0.348 e. The van der Waals surface area contributed by atoms with Gasteiger partial charge in [0.15, 0.2) is 5.16 Å². The van der Waals surface area contributed by atoms with Gasteiger partial charge >= 0.3 is 5.97 Å². The van der Waals surface area contributed by atoms with Gasteiger partial charge in [-0.25, -0.2) is 9.78 Å². The largest absolute Gasteiger partial charge is 0.465 e. The Hall–Kier alpha value is -1.52. The summed E-state index contributed by atoms with van der Waals surface area (Å²) in [5.41, 5.74) is 1.06. The number of imidazole rings is 1. The maximum atomic E-state index is 11.6. The number of thioether (sulfide) groups is 1. The van der Waals surface area contributed by atoms with Crippen LogP contribution in [0.1, 0.15) is 28.9 Å². The molecule has 0 N–H and O–H groups in total. The Bertz CT molecular complexity index is 737. The maximum Gasteiger partial charge on any atom is 0.348 e. The molecule has 1 fully saturated rings. The number of nitrogens with zero attached hydrogens (tertiary/aromatic N) is 3. The van der Waals surface area contributed by atoms with Crippen molar-refractivity contribution in [2.24, 2.45) is 5.41 Å². The Balaban J connectivity index is 2.00. The third kappa shape index (κ3) is 2.54. The van der Waals surface area contributed by atoms with Crippen LogP contribution in [0.3, 0.4) is 0 Å². The molecule has 0 amide bonds. The summed E-state index contributed by atoms with van der Waals surface area (Å²) in [5, 5.41) is 9.92. The molecule has 0 bridgehead atoms.